The minimum Gasteiger partial charge on any atom is -0.389 e. The molecule has 1 aromatic rings. The molecule has 1 rings (SSSR count). The zero-order valence-electron chi connectivity index (χ0n) is 10.2. The van der Waals surface area contributed by atoms with Gasteiger partial charge in [-0.1, -0.05) is 0 Å². The zero-order chi connectivity index (χ0) is 13.2. The predicted octanol–water partition coefficient (Wildman–Crippen LogP) is 1.54. The molecular weight excluding hydrogens is 228 g/mol. The molecule has 17 heavy (non-hydrogen) atoms. The van der Waals surface area contributed by atoms with Gasteiger partial charge in [0.25, 0.3) is 0 Å². The molecule has 0 bridgehead atoms. The van der Waals surface area contributed by atoms with Crippen molar-refractivity contribution in [3.05, 3.63) is 17.7 Å². The number of nitrogen functional groups attached to an aromatic ring is 1. The van der Waals surface area contributed by atoms with Crippen LogP contribution in [-0.2, 0) is 0 Å². The predicted molar refractivity (Wildman–Crippen MR) is 62.8 cm³/mol. The maximum Gasteiger partial charge on any atom is 0.168 e. The van der Waals surface area contributed by atoms with Gasteiger partial charge in [-0.15, -0.1) is 0 Å². The van der Waals surface area contributed by atoms with E-state index in [0.717, 1.165) is 0 Å². The number of halogens is 2. The van der Waals surface area contributed by atoms with Crippen molar-refractivity contribution in [3.63, 3.8) is 0 Å². The molecule has 6 heteroatoms. The second kappa shape index (κ2) is 4.83. The lowest BCUT2D eigenvalue weighted by Gasteiger charge is -2.29. The van der Waals surface area contributed by atoms with Crippen molar-refractivity contribution in [3.8, 4) is 0 Å². The first kappa shape index (κ1) is 13.6. The van der Waals surface area contributed by atoms with E-state index in [9.17, 15) is 13.9 Å². The van der Waals surface area contributed by atoms with Gasteiger partial charge in [0, 0.05) is 19.2 Å². The summed E-state index contributed by atoms with van der Waals surface area (Å²) in [6, 6.07) is 0.699. The van der Waals surface area contributed by atoms with E-state index in [1.807, 2.05) is 0 Å². The highest BCUT2D eigenvalue weighted by Gasteiger charge is 2.22. The average Bonchev–Trinajstić information content (AvgIpc) is 2.19. The van der Waals surface area contributed by atoms with Gasteiger partial charge in [-0.05, 0) is 20.8 Å². The summed E-state index contributed by atoms with van der Waals surface area (Å²) in [5.41, 5.74) is 4.30. The van der Waals surface area contributed by atoms with Crippen molar-refractivity contribution in [2.24, 2.45) is 0 Å². The fraction of sp³-hybridized carbons (Fsp3) is 0.545. The van der Waals surface area contributed by atoms with Crippen LogP contribution in [0.3, 0.4) is 0 Å². The number of anilines is 2. The molecule has 0 aliphatic rings. The summed E-state index contributed by atoms with van der Waals surface area (Å²) < 4.78 is 26.5. The van der Waals surface area contributed by atoms with Gasteiger partial charge in [-0.2, -0.15) is 0 Å². The van der Waals surface area contributed by atoms with Gasteiger partial charge in [0.2, 0.25) is 0 Å². The van der Waals surface area contributed by atoms with E-state index < -0.39 is 17.2 Å². The number of hydrogen-bond donors (Lipinski definition) is 2. The van der Waals surface area contributed by atoms with E-state index in [4.69, 9.17) is 5.73 Å². The van der Waals surface area contributed by atoms with E-state index in [1.165, 1.54) is 4.90 Å². The number of rotatable bonds is 4. The highest BCUT2D eigenvalue weighted by molar-refractivity contribution is 5.47. The fourth-order valence-corrected chi connectivity index (χ4v) is 1.50. The molecule has 0 aromatic carbocycles. The monoisotopic (exact) mass is 245 g/mol. The third-order valence-corrected chi connectivity index (χ3v) is 2.20. The maximum absolute atomic E-state index is 13.6. The largest absolute Gasteiger partial charge is 0.389 e. The lowest BCUT2D eigenvalue weighted by molar-refractivity contribution is 0.0872. The molecule has 0 unspecified atom stereocenters. The summed E-state index contributed by atoms with van der Waals surface area (Å²) in [4.78, 5) is 5.18. The summed E-state index contributed by atoms with van der Waals surface area (Å²) in [6.45, 7) is 5.59. The fourth-order valence-electron chi connectivity index (χ4n) is 1.50. The maximum atomic E-state index is 13.6. The normalized spacial score (nSPS) is 11.6. The second-order valence-corrected chi connectivity index (χ2v) is 4.49. The number of hydrogen-bond acceptors (Lipinski definition) is 4. The highest BCUT2D eigenvalue weighted by atomic mass is 19.1. The van der Waals surface area contributed by atoms with Crippen LogP contribution in [0.1, 0.15) is 20.8 Å². The van der Waals surface area contributed by atoms with Crippen LogP contribution in [0.15, 0.2) is 6.07 Å². The Bertz CT molecular complexity index is 404. The smallest absolute Gasteiger partial charge is 0.168 e. The number of aromatic nitrogens is 1. The first-order valence-corrected chi connectivity index (χ1v) is 5.33. The first-order chi connectivity index (χ1) is 7.74. The van der Waals surface area contributed by atoms with Crippen LogP contribution in [0.4, 0.5) is 20.4 Å². The van der Waals surface area contributed by atoms with Crippen LogP contribution >= 0.6 is 0 Å². The van der Waals surface area contributed by atoms with Crippen molar-refractivity contribution >= 4 is 11.6 Å². The molecule has 96 valence electrons. The SMILES string of the molecule is CCN(CC(C)(C)O)c1nc(N)c(F)cc1F. The van der Waals surface area contributed by atoms with E-state index in [1.54, 1.807) is 20.8 Å². The average molecular weight is 245 g/mol. The first-order valence-electron chi connectivity index (χ1n) is 5.33. The topological polar surface area (TPSA) is 62.4 Å². The Morgan fingerprint density at radius 3 is 2.47 bits per heavy atom. The van der Waals surface area contributed by atoms with Gasteiger partial charge < -0.3 is 15.7 Å². The number of nitrogens with two attached hydrogens (primary N) is 1. The molecule has 1 aromatic heterocycles. The molecule has 0 atom stereocenters. The molecule has 0 saturated carbocycles. The van der Waals surface area contributed by atoms with Gasteiger partial charge in [0.15, 0.2) is 23.3 Å². The highest BCUT2D eigenvalue weighted by Crippen LogP contribution is 2.22. The van der Waals surface area contributed by atoms with Gasteiger partial charge in [-0.25, -0.2) is 13.8 Å². The number of nitrogens with zero attached hydrogens (tertiary/aromatic N) is 2. The van der Waals surface area contributed by atoms with Gasteiger partial charge >= 0.3 is 0 Å². The number of likely N-dealkylation sites (N-methyl/N-ethyl adjacent to an activating group) is 1. The van der Waals surface area contributed by atoms with E-state index >= 15 is 0 Å². The Hall–Kier alpha value is -1.43. The molecule has 3 N–H and O–H groups in total. The number of pyridine rings is 1. The quantitative estimate of drug-likeness (QED) is 0.844. The summed E-state index contributed by atoms with van der Waals surface area (Å²) in [5.74, 6) is -2.07. The molecule has 0 aliphatic carbocycles. The minimum atomic E-state index is -1.01. The molecule has 1 heterocycles. The standard InChI is InChI=1S/C11H17F2N3O/c1-4-16(6-11(2,3)17)10-8(13)5-7(12)9(14)15-10/h5,17H,4,6H2,1-3H3,(H2,14,15). The van der Waals surface area contributed by atoms with Crippen LogP contribution in [0, 0.1) is 11.6 Å². The summed E-state index contributed by atoms with van der Waals surface area (Å²) >= 11 is 0. The van der Waals surface area contributed by atoms with Gasteiger partial charge in [-0.3, -0.25) is 0 Å². The third kappa shape index (κ3) is 3.52. The molecule has 0 fully saturated rings. The zero-order valence-corrected chi connectivity index (χ0v) is 10.2. The molecule has 0 saturated heterocycles. The molecule has 4 nitrogen and oxygen atoms in total. The van der Waals surface area contributed by atoms with E-state index in [-0.39, 0.29) is 18.2 Å². The van der Waals surface area contributed by atoms with Gasteiger partial charge in [0.1, 0.15) is 0 Å². The molecule has 0 aliphatic heterocycles. The molecular formula is C11H17F2N3O. The van der Waals surface area contributed by atoms with Crippen LogP contribution < -0.4 is 10.6 Å². The Morgan fingerprint density at radius 2 is 2.00 bits per heavy atom. The van der Waals surface area contributed by atoms with Crippen LogP contribution in [0.2, 0.25) is 0 Å². The van der Waals surface area contributed by atoms with Crippen molar-refractivity contribution in [1.29, 1.82) is 0 Å². The van der Waals surface area contributed by atoms with Crippen LogP contribution in [0.5, 0.6) is 0 Å². The summed E-state index contributed by atoms with van der Waals surface area (Å²) in [5, 5.41) is 9.70. The van der Waals surface area contributed by atoms with Crippen molar-refractivity contribution in [1.82, 2.24) is 4.98 Å². The minimum absolute atomic E-state index is 0.0477. The second-order valence-electron chi connectivity index (χ2n) is 4.49. The molecule has 0 spiro atoms. The van der Waals surface area contributed by atoms with Crippen molar-refractivity contribution < 1.29 is 13.9 Å². The van der Waals surface area contributed by atoms with Crippen molar-refractivity contribution in [2.45, 2.75) is 26.4 Å². The molecule has 0 radical (unpaired) electrons. The summed E-state index contributed by atoms with van der Waals surface area (Å²) in [6.07, 6.45) is 0. The van der Waals surface area contributed by atoms with E-state index in [2.05, 4.69) is 4.98 Å². The Balaban J connectivity index is 3.08. The lowest BCUT2D eigenvalue weighted by atomic mass is 10.1. The summed E-state index contributed by atoms with van der Waals surface area (Å²) in [7, 11) is 0. The third-order valence-electron chi connectivity index (χ3n) is 2.20. The van der Waals surface area contributed by atoms with Crippen LogP contribution in [-0.4, -0.2) is 28.8 Å². The van der Waals surface area contributed by atoms with Gasteiger partial charge in [0.05, 0.1) is 5.60 Å². The number of aliphatic hydroxyl groups is 1. The van der Waals surface area contributed by atoms with E-state index in [0.29, 0.717) is 12.6 Å². The molecule has 0 amide bonds. The Labute approximate surface area is 99.1 Å². The Kier molecular flexibility index (Phi) is 3.87. The Morgan fingerprint density at radius 1 is 1.41 bits per heavy atom. The van der Waals surface area contributed by atoms with Crippen molar-refractivity contribution in [2.75, 3.05) is 23.7 Å². The van der Waals surface area contributed by atoms with Crippen LogP contribution in [0.25, 0.3) is 0 Å². The lowest BCUT2D eigenvalue weighted by Crippen LogP contribution is -2.39.